The molecule has 0 amide bonds. The van der Waals surface area contributed by atoms with Gasteiger partial charge in [0.15, 0.2) is 6.10 Å². The first-order valence-corrected chi connectivity index (χ1v) is 8.45. The summed E-state index contributed by atoms with van der Waals surface area (Å²) >= 11 is 0. The molecule has 0 spiro atoms. The minimum Gasteiger partial charge on any atom is -0.479 e. The van der Waals surface area contributed by atoms with E-state index in [0.29, 0.717) is 31.7 Å². The summed E-state index contributed by atoms with van der Waals surface area (Å²) in [4.78, 5) is 11.2. The molecule has 1 aromatic rings. The predicted molar refractivity (Wildman–Crippen MR) is 74.8 cm³/mol. The van der Waals surface area contributed by atoms with Gasteiger partial charge in [0.05, 0.1) is 4.90 Å². The Balaban J connectivity index is 1.89. The van der Waals surface area contributed by atoms with Crippen molar-refractivity contribution in [3.05, 3.63) is 23.8 Å². The molecule has 0 saturated carbocycles. The van der Waals surface area contributed by atoms with Crippen LogP contribution in [0.3, 0.4) is 0 Å². The third-order valence-corrected chi connectivity index (χ3v) is 5.85. The Labute approximate surface area is 123 Å². The largest absolute Gasteiger partial charge is 0.479 e. The number of carbonyl (C=O) groups is 1. The van der Waals surface area contributed by atoms with E-state index in [1.807, 2.05) is 0 Å². The van der Waals surface area contributed by atoms with Crippen LogP contribution in [0.4, 0.5) is 0 Å². The molecule has 7 heteroatoms. The second kappa shape index (κ2) is 5.31. The number of sulfonamides is 1. The van der Waals surface area contributed by atoms with Crippen molar-refractivity contribution in [1.29, 1.82) is 0 Å². The molecule has 0 aromatic heterocycles. The maximum absolute atomic E-state index is 12.5. The molecule has 0 bridgehead atoms. The van der Waals surface area contributed by atoms with Crippen molar-refractivity contribution in [2.24, 2.45) is 0 Å². The molecular weight excluding hydrogens is 294 g/mol. The Morgan fingerprint density at radius 3 is 2.67 bits per heavy atom. The summed E-state index contributed by atoms with van der Waals surface area (Å²) in [7, 11) is -3.44. The molecule has 1 unspecified atom stereocenters. The van der Waals surface area contributed by atoms with Crippen LogP contribution in [-0.4, -0.2) is 43.0 Å². The first-order valence-electron chi connectivity index (χ1n) is 7.01. The van der Waals surface area contributed by atoms with Crippen molar-refractivity contribution >= 4 is 16.0 Å². The van der Waals surface area contributed by atoms with E-state index in [0.717, 1.165) is 18.4 Å². The predicted octanol–water partition coefficient (Wildman–Crippen LogP) is 1.25. The van der Waals surface area contributed by atoms with Crippen LogP contribution in [0.15, 0.2) is 23.1 Å². The van der Waals surface area contributed by atoms with Crippen LogP contribution in [0, 0.1) is 0 Å². The summed E-state index contributed by atoms with van der Waals surface area (Å²) in [5, 5.41) is 8.96. The number of nitrogens with zero attached hydrogens (tertiary/aromatic N) is 1. The third-order valence-electron chi connectivity index (χ3n) is 3.96. The molecule has 2 aliphatic heterocycles. The van der Waals surface area contributed by atoms with Gasteiger partial charge >= 0.3 is 5.97 Å². The highest BCUT2D eigenvalue weighted by Crippen LogP contribution is 2.31. The van der Waals surface area contributed by atoms with Crippen LogP contribution in [0.1, 0.15) is 24.8 Å². The average molecular weight is 311 g/mol. The fourth-order valence-corrected chi connectivity index (χ4v) is 4.35. The van der Waals surface area contributed by atoms with Gasteiger partial charge in [-0.25, -0.2) is 13.2 Å². The van der Waals surface area contributed by atoms with Crippen molar-refractivity contribution in [3.63, 3.8) is 0 Å². The third kappa shape index (κ3) is 2.63. The SMILES string of the molecule is O=C(O)C1CCc2cc(S(=O)(=O)N3CCCC3)ccc2O1. The summed E-state index contributed by atoms with van der Waals surface area (Å²) in [5.41, 5.74) is 0.757. The highest BCUT2D eigenvalue weighted by atomic mass is 32.2. The number of carboxylic acid groups (broad SMARTS) is 1. The minimum absolute atomic E-state index is 0.264. The van der Waals surface area contributed by atoms with Crippen LogP contribution < -0.4 is 4.74 Å². The summed E-state index contributed by atoms with van der Waals surface area (Å²) in [6, 6.07) is 4.67. The van der Waals surface area contributed by atoms with Crippen LogP contribution in [-0.2, 0) is 21.2 Å². The van der Waals surface area contributed by atoms with Crippen LogP contribution in [0.25, 0.3) is 0 Å². The molecule has 2 heterocycles. The topological polar surface area (TPSA) is 83.9 Å². The lowest BCUT2D eigenvalue weighted by atomic mass is 10.0. The second-order valence-electron chi connectivity index (χ2n) is 5.36. The van der Waals surface area contributed by atoms with Gasteiger partial charge in [-0.1, -0.05) is 0 Å². The van der Waals surface area contributed by atoms with Crippen molar-refractivity contribution in [2.75, 3.05) is 13.1 Å². The van der Waals surface area contributed by atoms with Crippen molar-refractivity contribution < 1.29 is 23.1 Å². The summed E-state index contributed by atoms with van der Waals surface area (Å²) in [6.45, 7) is 1.13. The average Bonchev–Trinajstić information content (AvgIpc) is 3.01. The lowest BCUT2D eigenvalue weighted by Gasteiger charge is -2.24. The van der Waals surface area contributed by atoms with E-state index in [2.05, 4.69) is 0 Å². The zero-order chi connectivity index (χ0) is 15.0. The standard InChI is InChI=1S/C14H17NO5S/c16-14(17)13-5-3-10-9-11(4-6-12(10)20-13)21(18,19)15-7-1-2-8-15/h4,6,9,13H,1-3,5,7-8H2,(H,16,17). The van der Waals surface area contributed by atoms with Crippen molar-refractivity contribution in [1.82, 2.24) is 4.31 Å². The lowest BCUT2D eigenvalue weighted by molar-refractivity contribution is -0.145. The van der Waals surface area contributed by atoms with Gasteiger partial charge in [-0.15, -0.1) is 0 Å². The van der Waals surface area contributed by atoms with Gasteiger partial charge in [0, 0.05) is 13.1 Å². The van der Waals surface area contributed by atoms with E-state index >= 15 is 0 Å². The lowest BCUT2D eigenvalue weighted by Crippen LogP contribution is -2.31. The van der Waals surface area contributed by atoms with Gasteiger partial charge in [-0.05, 0) is 49.4 Å². The maximum atomic E-state index is 12.5. The monoisotopic (exact) mass is 311 g/mol. The van der Waals surface area contributed by atoms with Crippen molar-refractivity contribution in [2.45, 2.75) is 36.7 Å². The zero-order valence-electron chi connectivity index (χ0n) is 11.5. The maximum Gasteiger partial charge on any atom is 0.344 e. The first-order chi connectivity index (χ1) is 9.98. The Morgan fingerprint density at radius 2 is 2.00 bits per heavy atom. The second-order valence-corrected chi connectivity index (χ2v) is 7.30. The molecule has 1 atom stereocenters. The highest BCUT2D eigenvalue weighted by molar-refractivity contribution is 7.89. The smallest absolute Gasteiger partial charge is 0.344 e. The Kier molecular flexibility index (Phi) is 3.62. The molecule has 3 rings (SSSR count). The Morgan fingerprint density at radius 1 is 1.29 bits per heavy atom. The Hall–Kier alpha value is -1.60. The summed E-state index contributed by atoms with van der Waals surface area (Å²) in [5.74, 6) is -0.525. The van der Waals surface area contributed by atoms with E-state index in [-0.39, 0.29) is 4.90 Å². The Bertz CT molecular complexity index is 664. The number of aryl methyl sites for hydroxylation is 1. The summed E-state index contributed by atoms with van der Waals surface area (Å²) < 4.78 is 31.8. The van der Waals surface area contributed by atoms with Crippen LogP contribution in [0.2, 0.25) is 0 Å². The number of fused-ring (bicyclic) bond motifs is 1. The van der Waals surface area contributed by atoms with Gasteiger partial charge in [-0.2, -0.15) is 4.31 Å². The quantitative estimate of drug-likeness (QED) is 0.908. The number of hydrogen-bond donors (Lipinski definition) is 1. The first kappa shape index (κ1) is 14.3. The summed E-state index contributed by atoms with van der Waals surface area (Å²) in [6.07, 6.45) is 1.81. The van der Waals surface area contributed by atoms with Crippen LogP contribution >= 0.6 is 0 Å². The van der Waals surface area contributed by atoms with E-state index in [9.17, 15) is 13.2 Å². The number of rotatable bonds is 3. The number of benzene rings is 1. The van der Waals surface area contributed by atoms with Gasteiger partial charge in [0.25, 0.3) is 0 Å². The molecule has 2 aliphatic rings. The molecule has 6 nitrogen and oxygen atoms in total. The zero-order valence-corrected chi connectivity index (χ0v) is 12.3. The number of carboxylic acids is 1. The van der Waals surface area contributed by atoms with Gasteiger partial charge in [0.1, 0.15) is 5.75 Å². The van der Waals surface area contributed by atoms with Gasteiger partial charge < -0.3 is 9.84 Å². The normalized spacial score (nSPS) is 22.6. The number of ether oxygens (including phenoxy) is 1. The molecule has 0 aliphatic carbocycles. The molecular formula is C14H17NO5S. The van der Waals surface area contributed by atoms with Crippen LogP contribution in [0.5, 0.6) is 5.75 Å². The fraction of sp³-hybridized carbons (Fsp3) is 0.500. The van der Waals surface area contributed by atoms with Crippen molar-refractivity contribution in [3.8, 4) is 5.75 Å². The fourth-order valence-electron chi connectivity index (χ4n) is 2.78. The van der Waals surface area contributed by atoms with Gasteiger partial charge in [0.2, 0.25) is 10.0 Å². The van der Waals surface area contributed by atoms with E-state index in [4.69, 9.17) is 9.84 Å². The molecule has 1 N–H and O–H groups in total. The minimum atomic E-state index is -3.44. The van der Waals surface area contributed by atoms with E-state index < -0.39 is 22.1 Å². The van der Waals surface area contributed by atoms with E-state index in [1.165, 1.54) is 10.4 Å². The molecule has 1 fully saturated rings. The number of aliphatic carboxylic acids is 1. The molecule has 1 aromatic carbocycles. The van der Waals surface area contributed by atoms with Gasteiger partial charge in [-0.3, -0.25) is 0 Å². The molecule has 21 heavy (non-hydrogen) atoms. The number of hydrogen-bond acceptors (Lipinski definition) is 4. The molecule has 0 radical (unpaired) electrons. The van der Waals surface area contributed by atoms with E-state index in [1.54, 1.807) is 12.1 Å². The molecule has 1 saturated heterocycles. The molecule has 114 valence electrons. The highest BCUT2D eigenvalue weighted by Gasteiger charge is 2.30.